The van der Waals surface area contributed by atoms with Gasteiger partial charge in [0.25, 0.3) is 5.91 Å². The fourth-order valence-electron chi connectivity index (χ4n) is 10.8. The number of fused-ring (bicyclic) bond motifs is 2. The summed E-state index contributed by atoms with van der Waals surface area (Å²) in [7, 11) is 3.37. The van der Waals surface area contributed by atoms with E-state index in [4.69, 9.17) is 9.47 Å². The van der Waals surface area contributed by atoms with E-state index in [0.29, 0.717) is 44.0 Å². The zero-order chi connectivity index (χ0) is 54.6. The summed E-state index contributed by atoms with van der Waals surface area (Å²) in [5.74, 6) is -0.572. The molecule has 19 heteroatoms. The van der Waals surface area contributed by atoms with Crippen LogP contribution >= 0.6 is 23.5 Å². The van der Waals surface area contributed by atoms with Gasteiger partial charge < -0.3 is 51.2 Å². The summed E-state index contributed by atoms with van der Waals surface area (Å²) in [5, 5.41) is 17.8. The third-order valence-electron chi connectivity index (χ3n) is 15.5. The monoisotopic (exact) mass is 1080 g/mol. The summed E-state index contributed by atoms with van der Waals surface area (Å²) >= 11 is 3.28. The molecule has 6 rings (SSSR count). The molecule has 0 aliphatic carbocycles. The molecule has 2 aromatic rings. The Morgan fingerprint density at radius 3 is 1.60 bits per heavy atom. The second kappa shape index (κ2) is 26.2. The molecule has 0 saturated carbocycles. The third kappa shape index (κ3) is 14.5. The van der Waals surface area contributed by atoms with Crippen LogP contribution in [0.4, 0.5) is 0 Å². The number of nitrogens with zero attached hydrogens (tertiary/aromatic N) is 3. The largest absolute Gasteiger partial charge is 0.379 e. The van der Waals surface area contributed by atoms with Crippen molar-refractivity contribution < 1.29 is 38.2 Å². The first-order valence-electron chi connectivity index (χ1n) is 26.8. The number of carbonyl (C=O) groups excluding carboxylic acids is 6. The first-order chi connectivity index (χ1) is 35.6. The molecule has 1 unspecified atom stereocenters. The summed E-state index contributed by atoms with van der Waals surface area (Å²) < 4.78 is 12.5. The van der Waals surface area contributed by atoms with Crippen LogP contribution in [0, 0.1) is 10.8 Å². The van der Waals surface area contributed by atoms with Crippen molar-refractivity contribution in [3.05, 3.63) is 71.8 Å². The molecule has 0 radical (unpaired) electrons. The number of rotatable bonds is 26. The van der Waals surface area contributed by atoms with E-state index >= 15 is 0 Å². The van der Waals surface area contributed by atoms with Gasteiger partial charge in [0.1, 0.15) is 17.6 Å². The van der Waals surface area contributed by atoms with E-state index in [1.165, 1.54) is 0 Å². The predicted octanol–water partition coefficient (Wildman–Crippen LogP) is 5.86. The second-order valence-electron chi connectivity index (χ2n) is 22.7. The molecule has 0 spiro atoms. The highest BCUT2D eigenvalue weighted by Crippen LogP contribution is 2.49. The molecule has 0 aromatic heterocycles. The van der Waals surface area contributed by atoms with Gasteiger partial charge in [-0.3, -0.25) is 33.8 Å². The van der Waals surface area contributed by atoms with Gasteiger partial charge in [-0.15, -0.1) is 23.5 Å². The first kappa shape index (κ1) is 59.7. The van der Waals surface area contributed by atoms with Gasteiger partial charge in [0.2, 0.25) is 35.2 Å². The first-order valence-corrected chi connectivity index (χ1v) is 28.9. The highest BCUT2D eigenvalue weighted by Gasteiger charge is 2.59. The minimum absolute atomic E-state index is 0.0152. The molecule has 8 atom stereocenters. The Morgan fingerprint density at radius 1 is 0.693 bits per heavy atom. The van der Waals surface area contributed by atoms with Gasteiger partial charge in [-0.05, 0) is 107 Å². The Labute approximate surface area is 454 Å². The molecule has 4 aliphatic rings. The van der Waals surface area contributed by atoms with Crippen molar-refractivity contribution >= 4 is 65.7 Å². The minimum Gasteiger partial charge on any atom is -0.379 e. The van der Waals surface area contributed by atoms with E-state index in [1.54, 1.807) is 68.2 Å². The van der Waals surface area contributed by atoms with Crippen molar-refractivity contribution in [2.75, 3.05) is 58.6 Å². The van der Waals surface area contributed by atoms with Crippen molar-refractivity contribution in [3.63, 3.8) is 0 Å². The van der Waals surface area contributed by atoms with E-state index in [1.807, 2.05) is 88.4 Å². The smallest absolute Gasteiger partial charge is 0.272 e. The average molecular weight is 1080 g/mol. The van der Waals surface area contributed by atoms with E-state index in [9.17, 15) is 28.8 Å². The number of likely N-dealkylation sites (N-methyl/N-ethyl adjacent to an activating group) is 2. The predicted molar refractivity (Wildman–Crippen MR) is 298 cm³/mol. The highest BCUT2D eigenvalue weighted by molar-refractivity contribution is 8.00. The molecule has 4 fully saturated rings. The van der Waals surface area contributed by atoms with Crippen molar-refractivity contribution in [2.45, 2.75) is 164 Å². The van der Waals surface area contributed by atoms with Gasteiger partial charge >= 0.3 is 0 Å². The van der Waals surface area contributed by atoms with E-state index in [0.717, 1.165) is 49.7 Å². The molecule has 17 nitrogen and oxygen atoms in total. The summed E-state index contributed by atoms with van der Waals surface area (Å²) in [6.07, 6.45) is 7.76. The molecule has 2 aromatic carbocycles. The minimum atomic E-state index is -1.56. The summed E-state index contributed by atoms with van der Waals surface area (Å²) in [5.41, 5.74) is -2.86. The van der Waals surface area contributed by atoms with Crippen LogP contribution in [-0.4, -0.2) is 150 Å². The Morgan fingerprint density at radius 2 is 1.15 bits per heavy atom. The maximum Gasteiger partial charge on any atom is 0.272 e. The topological polar surface area (TPSA) is 212 Å². The van der Waals surface area contributed by atoms with Crippen LogP contribution in [0.25, 0.3) is 0 Å². The molecule has 4 heterocycles. The number of nitrogens with one attached hydrogen (secondary N) is 6. The Bertz CT molecular complexity index is 2290. The van der Waals surface area contributed by atoms with E-state index < -0.39 is 57.6 Å². The molecule has 4 aliphatic heterocycles. The summed E-state index contributed by atoms with van der Waals surface area (Å²) in [4.78, 5) is 91.6. The lowest BCUT2D eigenvalue weighted by molar-refractivity contribution is -0.148. The number of amides is 6. The van der Waals surface area contributed by atoms with Gasteiger partial charge in [-0.2, -0.15) is 0 Å². The number of unbranched alkanes of at least 4 members (excludes halogenated alkanes) is 5. The zero-order valence-corrected chi connectivity index (χ0v) is 47.5. The van der Waals surface area contributed by atoms with Crippen LogP contribution in [0.1, 0.15) is 136 Å². The quantitative estimate of drug-likeness (QED) is 0.0484. The second-order valence-corrected chi connectivity index (χ2v) is 25.3. The van der Waals surface area contributed by atoms with Crippen LogP contribution in [0.3, 0.4) is 0 Å². The number of carbonyl (C=O) groups is 6. The number of benzene rings is 2. The number of aliphatic imine (C=N–C) groups is 1. The summed E-state index contributed by atoms with van der Waals surface area (Å²) in [6.45, 7) is 18.8. The van der Waals surface area contributed by atoms with Crippen LogP contribution in [0.2, 0.25) is 0 Å². The average Bonchev–Trinajstić information content (AvgIpc) is 3.72. The SMILES string of the molecule is C=N[C@@]1(NC(=O)CNC)CCS[C@H]2CC(C)(C)[C@@H](C(=O)N[C@H](COCCCCCCCCOC[C@@H](NC(=O)C3N4C(=O)[C@](C)(NC(=O)C(C)(C)NC)CCS[C@H]4CC3(C)C)c3ccccc3)c3ccccc3)N2C1=O. The van der Waals surface area contributed by atoms with Crippen LogP contribution in [0.15, 0.2) is 65.7 Å². The van der Waals surface area contributed by atoms with Crippen molar-refractivity contribution in [3.8, 4) is 0 Å². The van der Waals surface area contributed by atoms with E-state index in [-0.39, 0.29) is 66.5 Å². The fourth-order valence-corrected chi connectivity index (χ4v) is 14.1. The van der Waals surface area contributed by atoms with Gasteiger partial charge in [0.05, 0.1) is 48.1 Å². The molecule has 0 bridgehead atoms. The van der Waals surface area contributed by atoms with Crippen molar-refractivity contribution in [1.29, 1.82) is 0 Å². The fraction of sp³-hybridized carbons (Fsp3) is 0.661. The molecule has 6 amide bonds. The number of hydrogen-bond acceptors (Lipinski definition) is 13. The lowest BCUT2D eigenvalue weighted by Gasteiger charge is -2.39. The molecule has 414 valence electrons. The van der Waals surface area contributed by atoms with Crippen LogP contribution in [0.5, 0.6) is 0 Å². The Balaban J connectivity index is 0.958. The van der Waals surface area contributed by atoms with Crippen LogP contribution in [-0.2, 0) is 38.2 Å². The van der Waals surface area contributed by atoms with Crippen LogP contribution < -0.4 is 31.9 Å². The van der Waals surface area contributed by atoms with Crippen molar-refractivity contribution in [2.24, 2.45) is 15.8 Å². The van der Waals surface area contributed by atoms with Gasteiger partial charge in [0.15, 0.2) is 0 Å². The molecule has 4 saturated heterocycles. The van der Waals surface area contributed by atoms with Gasteiger partial charge in [-0.25, -0.2) is 0 Å². The lowest BCUT2D eigenvalue weighted by Crippen LogP contribution is -2.65. The molecule has 75 heavy (non-hydrogen) atoms. The number of thioether (sulfide) groups is 2. The highest BCUT2D eigenvalue weighted by atomic mass is 32.2. The standard InChI is InChI=1S/C56H85N9O8S2/c1-52(2)33-43-64(50(70)55(7,27-31-74-43)63-49(69)54(5,6)58-9)45(52)47(67)60-40(38-23-17-15-18-24-38)36-72-29-21-13-11-12-14-22-30-73-37-41(39-25-19-16-20-26-39)61-48(68)46-53(3,4)34-44-65(46)51(71)56(59-10,28-32-75-44)62-42(66)35-57-8/h15-20,23-26,40-41,43-46,57-58H,10-14,21-22,27-37H2,1-9H3,(H,60,67)(H,61,68)(H,62,66)(H,63,69)/t40-,41-,43+,44+,45?,46-,55-,56-/m1/s1. The number of ether oxygens (including phenoxy) is 2. The maximum absolute atomic E-state index is 14.5. The summed E-state index contributed by atoms with van der Waals surface area (Å²) in [6, 6.07) is 17.1. The normalized spacial score (nSPS) is 26.0. The maximum atomic E-state index is 14.5. The third-order valence-corrected chi connectivity index (χ3v) is 17.9. The van der Waals surface area contributed by atoms with E-state index in [2.05, 4.69) is 43.6 Å². The van der Waals surface area contributed by atoms with Gasteiger partial charge in [-0.1, -0.05) is 114 Å². The molecular formula is C56H85N9O8S2. The number of hydrogen-bond donors (Lipinski definition) is 6. The Kier molecular flexibility index (Phi) is 20.9. The Hall–Kier alpha value is -4.53. The lowest BCUT2D eigenvalue weighted by atomic mass is 9.83. The molecule has 6 N–H and O–H groups in total. The molecular weight excluding hydrogens is 991 g/mol. The van der Waals surface area contributed by atoms with Crippen molar-refractivity contribution in [1.82, 2.24) is 41.7 Å². The zero-order valence-electron chi connectivity index (χ0n) is 45.9. The van der Waals surface area contributed by atoms with Gasteiger partial charge in [0, 0.05) is 19.6 Å².